The van der Waals surface area contributed by atoms with Crippen molar-refractivity contribution in [3.05, 3.63) is 35.3 Å². The second kappa shape index (κ2) is 7.77. The van der Waals surface area contributed by atoms with Gasteiger partial charge in [-0.3, -0.25) is 4.79 Å². The van der Waals surface area contributed by atoms with E-state index in [0.717, 1.165) is 10.2 Å². The number of para-hydroxylation sites is 1. The summed E-state index contributed by atoms with van der Waals surface area (Å²) in [6, 6.07) is 7.27. The van der Waals surface area contributed by atoms with Crippen LogP contribution in [0.25, 0.3) is 16.3 Å². The van der Waals surface area contributed by atoms with Crippen molar-refractivity contribution in [1.29, 1.82) is 0 Å². The lowest BCUT2D eigenvalue weighted by molar-refractivity contribution is -0.155. The van der Waals surface area contributed by atoms with Gasteiger partial charge in [0.1, 0.15) is 5.01 Å². The molecule has 27 heavy (non-hydrogen) atoms. The van der Waals surface area contributed by atoms with Gasteiger partial charge >= 0.3 is 5.97 Å². The summed E-state index contributed by atoms with van der Waals surface area (Å²) in [4.78, 5) is 30.1. The van der Waals surface area contributed by atoms with Crippen LogP contribution in [0.4, 0.5) is 0 Å². The number of carbonyl (C=O) groups excluding carboxylic acids is 2. The average Bonchev–Trinajstić information content (AvgIpc) is 3.21. The van der Waals surface area contributed by atoms with E-state index in [4.69, 9.17) is 4.74 Å². The molecule has 0 bridgehead atoms. The van der Waals surface area contributed by atoms with Crippen molar-refractivity contribution in [2.45, 2.75) is 25.5 Å². The van der Waals surface area contributed by atoms with Gasteiger partial charge in [0.2, 0.25) is 0 Å². The van der Waals surface area contributed by atoms with E-state index in [0.29, 0.717) is 11.4 Å². The molecule has 1 aliphatic rings. The molecule has 1 fully saturated rings. The fourth-order valence-corrected chi connectivity index (χ4v) is 5.56. The second-order valence-electron chi connectivity index (χ2n) is 6.44. The Kier molecular flexibility index (Phi) is 5.61. The zero-order chi connectivity index (χ0) is 19.6. The third-order valence-electron chi connectivity index (χ3n) is 4.42. The summed E-state index contributed by atoms with van der Waals surface area (Å²) in [6.07, 6.45) is 2.20. The van der Waals surface area contributed by atoms with Crippen LogP contribution in [0.5, 0.6) is 0 Å². The van der Waals surface area contributed by atoms with E-state index in [-0.39, 0.29) is 17.5 Å². The molecule has 0 aliphatic carbocycles. The Bertz CT molecular complexity index is 963. The number of aromatic nitrogens is 1. The first-order valence-electron chi connectivity index (χ1n) is 8.46. The zero-order valence-corrected chi connectivity index (χ0v) is 16.6. The van der Waals surface area contributed by atoms with Crippen molar-refractivity contribution in [3.63, 3.8) is 0 Å². The molecule has 1 saturated heterocycles. The van der Waals surface area contributed by atoms with E-state index in [9.17, 15) is 18.0 Å². The number of thiazole rings is 1. The Morgan fingerprint density at radius 3 is 2.78 bits per heavy atom. The van der Waals surface area contributed by atoms with Crippen LogP contribution in [0.15, 0.2) is 30.3 Å². The average molecular weight is 409 g/mol. The fraction of sp³-hybridized carbons (Fsp3) is 0.389. The Hall–Kier alpha value is -2.26. The summed E-state index contributed by atoms with van der Waals surface area (Å²) in [7, 11) is -1.55. The van der Waals surface area contributed by atoms with Crippen molar-refractivity contribution in [2.24, 2.45) is 0 Å². The lowest BCUT2D eigenvalue weighted by atomic mass is 10.2. The van der Waals surface area contributed by atoms with E-state index in [1.807, 2.05) is 24.3 Å². The number of likely N-dealkylation sites (N-methyl/N-ethyl adjacent to an activating group) is 1. The molecular weight excluding hydrogens is 388 g/mol. The Balaban J connectivity index is 1.57. The molecule has 0 saturated carbocycles. The summed E-state index contributed by atoms with van der Waals surface area (Å²) in [5.74, 6) is -1.04. The molecule has 9 heteroatoms. The van der Waals surface area contributed by atoms with Crippen LogP contribution < -0.4 is 0 Å². The minimum atomic E-state index is -3.09. The predicted molar refractivity (Wildman–Crippen MR) is 104 cm³/mol. The minimum Gasteiger partial charge on any atom is -0.449 e. The van der Waals surface area contributed by atoms with Gasteiger partial charge in [0.15, 0.2) is 15.9 Å². The fourth-order valence-electron chi connectivity index (χ4n) is 2.91. The third kappa shape index (κ3) is 4.72. The van der Waals surface area contributed by atoms with Gasteiger partial charge in [-0.15, -0.1) is 11.3 Å². The molecule has 2 atom stereocenters. The number of fused-ring (bicyclic) bond motifs is 1. The first-order valence-corrected chi connectivity index (χ1v) is 11.1. The summed E-state index contributed by atoms with van der Waals surface area (Å²) < 4.78 is 29.3. The van der Waals surface area contributed by atoms with Crippen molar-refractivity contribution in [1.82, 2.24) is 9.88 Å². The van der Waals surface area contributed by atoms with Gasteiger partial charge in [0.25, 0.3) is 5.91 Å². The van der Waals surface area contributed by atoms with Crippen LogP contribution >= 0.6 is 11.3 Å². The van der Waals surface area contributed by atoms with Crippen LogP contribution in [-0.4, -0.2) is 60.9 Å². The lowest BCUT2D eigenvalue weighted by Crippen LogP contribution is -2.44. The topological polar surface area (TPSA) is 93.6 Å². The highest BCUT2D eigenvalue weighted by molar-refractivity contribution is 7.91. The zero-order valence-electron chi connectivity index (χ0n) is 15.0. The van der Waals surface area contributed by atoms with Crippen LogP contribution in [0.1, 0.15) is 18.4 Å². The number of rotatable bonds is 5. The van der Waals surface area contributed by atoms with Crippen molar-refractivity contribution >= 4 is 49.3 Å². The number of hydrogen-bond acceptors (Lipinski definition) is 7. The number of amides is 1. The highest BCUT2D eigenvalue weighted by Crippen LogP contribution is 2.22. The molecule has 1 aromatic heterocycles. The second-order valence-corrected chi connectivity index (χ2v) is 9.73. The lowest BCUT2D eigenvalue weighted by Gasteiger charge is -2.26. The van der Waals surface area contributed by atoms with Crippen LogP contribution in [0.3, 0.4) is 0 Å². The van der Waals surface area contributed by atoms with Crippen LogP contribution in [-0.2, 0) is 24.2 Å². The number of hydrogen-bond donors (Lipinski definition) is 0. The van der Waals surface area contributed by atoms with Gasteiger partial charge in [0.05, 0.1) is 21.7 Å². The summed E-state index contributed by atoms with van der Waals surface area (Å²) in [6.45, 7) is 1.48. The van der Waals surface area contributed by atoms with E-state index < -0.39 is 27.8 Å². The molecule has 2 aromatic rings. The van der Waals surface area contributed by atoms with E-state index in [1.165, 1.54) is 36.3 Å². The Labute approximate surface area is 161 Å². The summed E-state index contributed by atoms with van der Waals surface area (Å²) >= 11 is 1.45. The number of carbonyl (C=O) groups is 2. The van der Waals surface area contributed by atoms with Gasteiger partial charge in [-0.25, -0.2) is 18.2 Å². The molecule has 1 amide bonds. The SMILES string of the molecule is C[C@@H](OC(=O)/C=C/c1nc2ccccc2s1)C(=O)N(C)[C@@H]1CCS(=O)(=O)C1. The molecule has 2 heterocycles. The molecular formula is C18H20N2O5S2. The van der Waals surface area contributed by atoms with E-state index in [2.05, 4.69) is 4.98 Å². The predicted octanol–water partition coefficient (Wildman–Crippen LogP) is 1.89. The molecule has 1 aliphatic heterocycles. The number of ether oxygens (including phenoxy) is 1. The largest absolute Gasteiger partial charge is 0.449 e. The maximum Gasteiger partial charge on any atom is 0.331 e. The Morgan fingerprint density at radius 1 is 1.37 bits per heavy atom. The highest BCUT2D eigenvalue weighted by atomic mass is 32.2. The third-order valence-corrected chi connectivity index (χ3v) is 7.17. The van der Waals surface area contributed by atoms with Gasteiger partial charge in [-0.05, 0) is 31.6 Å². The van der Waals surface area contributed by atoms with Gasteiger partial charge in [-0.1, -0.05) is 12.1 Å². The van der Waals surface area contributed by atoms with Crippen LogP contribution in [0, 0.1) is 0 Å². The van der Waals surface area contributed by atoms with E-state index in [1.54, 1.807) is 6.08 Å². The van der Waals surface area contributed by atoms with Crippen LogP contribution in [0.2, 0.25) is 0 Å². The maximum absolute atomic E-state index is 12.4. The Morgan fingerprint density at radius 2 is 2.11 bits per heavy atom. The molecule has 0 N–H and O–H groups in total. The monoisotopic (exact) mass is 408 g/mol. The van der Waals surface area contributed by atoms with Gasteiger partial charge in [0, 0.05) is 19.2 Å². The molecule has 0 spiro atoms. The van der Waals surface area contributed by atoms with E-state index >= 15 is 0 Å². The molecule has 1 aromatic carbocycles. The molecule has 3 rings (SSSR count). The normalized spacial score (nSPS) is 20.0. The van der Waals surface area contributed by atoms with Gasteiger partial charge in [-0.2, -0.15) is 0 Å². The molecule has 0 radical (unpaired) electrons. The highest BCUT2D eigenvalue weighted by Gasteiger charge is 2.34. The van der Waals surface area contributed by atoms with Crippen molar-refractivity contribution in [2.75, 3.05) is 18.6 Å². The van der Waals surface area contributed by atoms with Crippen molar-refractivity contribution < 1.29 is 22.7 Å². The maximum atomic E-state index is 12.4. The first-order chi connectivity index (χ1) is 12.7. The minimum absolute atomic E-state index is 0.0482. The summed E-state index contributed by atoms with van der Waals surface area (Å²) in [5, 5.41) is 0.667. The number of benzene rings is 1. The molecule has 0 unspecified atom stereocenters. The molecule has 144 valence electrons. The van der Waals surface area contributed by atoms with Crippen molar-refractivity contribution in [3.8, 4) is 0 Å². The number of sulfone groups is 1. The summed E-state index contributed by atoms with van der Waals surface area (Å²) in [5.41, 5.74) is 0.854. The quantitative estimate of drug-likeness (QED) is 0.554. The molecule has 7 nitrogen and oxygen atoms in total. The standard InChI is InChI=1S/C18H20N2O5S2/c1-12(18(22)20(2)13-9-10-27(23,24)11-13)25-17(21)8-7-16-19-14-5-3-4-6-15(14)26-16/h3-8,12-13H,9-11H2,1-2H3/b8-7+/t12-,13-/m1/s1. The van der Waals surface area contributed by atoms with Gasteiger partial charge < -0.3 is 9.64 Å². The number of esters is 1. The first kappa shape index (κ1) is 19.5. The smallest absolute Gasteiger partial charge is 0.331 e. The number of nitrogens with zero attached hydrogens (tertiary/aromatic N) is 2.